The molecule has 1 fully saturated rings. The summed E-state index contributed by atoms with van der Waals surface area (Å²) < 4.78 is 1.73. The van der Waals surface area contributed by atoms with Gasteiger partial charge in [0.25, 0.3) is 11.7 Å². The number of aliphatic hydroxyl groups is 1. The van der Waals surface area contributed by atoms with Crippen molar-refractivity contribution in [1.82, 2.24) is 19.2 Å². The minimum Gasteiger partial charge on any atom is -0.505 e. The minimum absolute atomic E-state index is 0.0657. The highest BCUT2D eigenvalue weighted by atomic mass is 35.5. The van der Waals surface area contributed by atoms with Crippen molar-refractivity contribution >= 4 is 34.7 Å². The number of halogens is 1. The predicted octanol–water partition coefficient (Wildman–Crippen LogP) is 3.67. The molecule has 32 heavy (non-hydrogen) atoms. The van der Waals surface area contributed by atoms with Crippen molar-refractivity contribution < 1.29 is 14.7 Å². The summed E-state index contributed by atoms with van der Waals surface area (Å²) in [5.41, 5.74) is 2.41. The number of pyridine rings is 1. The van der Waals surface area contributed by atoms with Crippen molar-refractivity contribution in [3.63, 3.8) is 0 Å². The highest BCUT2D eigenvalue weighted by Crippen LogP contribution is 2.40. The summed E-state index contributed by atoms with van der Waals surface area (Å²) in [6.07, 6.45) is 2.47. The number of benzene rings is 1. The average molecular weight is 453 g/mol. The van der Waals surface area contributed by atoms with E-state index >= 15 is 0 Å². The second-order valence-corrected chi connectivity index (χ2v) is 8.61. The van der Waals surface area contributed by atoms with Gasteiger partial charge in [-0.05, 0) is 63.8 Å². The van der Waals surface area contributed by atoms with E-state index in [1.54, 1.807) is 46.7 Å². The molecule has 1 aromatic carbocycles. The molecule has 1 N–H and O–H groups in total. The third-order valence-corrected chi connectivity index (χ3v) is 5.91. The number of carbonyl (C=O) groups excluding carboxylic acids is 2. The summed E-state index contributed by atoms with van der Waals surface area (Å²) in [5.74, 6) is -1.54. The van der Waals surface area contributed by atoms with Crippen molar-refractivity contribution in [2.75, 3.05) is 27.2 Å². The molecular formula is C24H25ClN4O3. The highest BCUT2D eigenvalue weighted by molar-refractivity contribution is 6.46. The van der Waals surface area contributed by atoms with Crippen LogP contribution in [0.5, 0.6) is 0 Å². The summed E-state index contributed by atoms with van der Waals surface area (Å²) in [6.45, 7) is 2.92. The molecule has 1 saturated heterocycles. The molecule has 1 aliphatic heterocycles. The fourth-order valence-corrected chi connectivity index (χ4v) is 4.31. The van der Waals surface area contributed by atoms with Crippen LogP contribution in [0.25, 0.3) is 11.4 Å². The Kier molecular flexibility index (Phi) is 6.04. The monoisotopic (exact) mass is 452 g/mol. The lowest BCUT2D eigenvalue weighted by molar-refractivity contribution is -0.139. The molecule has 3 aromatic rings. The first-order valence-electron chi connectivity index (χ1n) is 10.4. The molecule has 1 aliphatic rings. The zero-order chi connectivity index (χ0) is 23.0. The number of hydrogen-bond acceptors (Lipinski definition) is 5. The lowest BCUT2D eigenvalue weighted by Gasteiger charge is -2.26. The third-order valence-electron chi connectivity index (χ3n) is 5.66. The number of carbonyl (C=O) groups is 2. The number of Topliss-reactive ketones (excluding diaryl/α,β-unsaturated/α-hetero) is 1. The standard InChI is InChI=1S/C24H25ClN4O3/c1-15-20(28-13-5-4-7-18(28)26-15)22(30)19-21(16-8-10-17(25)11-9-16)29(24(32)23(19)31)14-6-12-27(2)3/h4-5,7-11,13,21,30H,6,12,14H2,1-3H3/t21-/m0/s1. The Balaban J connectivity index is 1.87. The highest BCUT2D eigenvalue weighted by Gasteiger charge is 2.46. The van der Waals surface area contributed by atoms with E-state index in [4.69, 9.17) is 11.6 Å². The van der Waals surface area contributed by atoms with E-state index in [2.05, 4.69) is 4.98 Å². The predicted molar refractivity (Wildman–Crippen MR) is 124 cm³/mol. The Morgan fingerprint density at radius 1 is 1.16 bits per heavy atom. The second kappa shape index (κ2) is 8.76. The number of rotatable bonds is 6. The fraction of sp³-hybridized carbons (Fsp3) is 0.292. The molecule has 166 valence electrons. The molecular weight excluding hydrogens is 428 g/mol. The zero-order valence-electron chi connectivity index (χ0n) is 18.2. The van der Waals surface area contributed by atoms with Crippen LogP contribution in [0.1, 0.15) is 29.4 Å². The van der Waals surface area contributed by atoms with Gasteiger partial charge in [0.05, 0.1) is 17.3 Å². The maximum absolute atomic E-state index is 13.2. The molecule has 0 bridgehead atoms. The molecule has 0 unspecified atom stereocenters. The number of imidazole rings is 1. The Morgan fingerprint density at radius 2 is 1.88 bits per heavy atom. The van der Waals surface area contributed by atoms with E-state index < -0.39 is 17.7 Å². The lowest BCUT2D eigenvalue weighted by Crippen LogP contribution is -2.32. The molecule has 0 radical (unpaired) electrons. The summed E-state index contributed by atoms with van der Waals surface area (Å²) in [5, 5.41) is 11.9. The van der Waals surface area contributed by atoms with Gasteiger partial charge in [0.1, 0.15) is 11.3 Å². The van der Waals surface area contributed by atoms with Crippen LogP contribution in [0.4, 0.5) is 0 Å². The van der Waals surface area contributed by atoms with E-state index in [1.807, 2.05) is 37.2 Å². The summed E-state index contributed by atoms with van der Waals surface area (Å²) in [4.78, 5) is 34.3. The quantitative estimate of drug-likeness (QED) is 0.351. The SMILES string of the molecule is Cc1nc2ccccn2c1C(O)=C1C(=O)C(=O)N(CCCN(C)C)[C@H]1c1ccc(Cl)cc1. The molecule has 4 rings (SSSR count). The van der Waals surface area contributed by atoms with E-state index in [0.29, 0.717) is 40.6 Å². The number of nitrogens with zero attached hydrogens (tertiary/aromatic N) is 4. The van der Waals surface area contributed by atoms with Gasteiger partial charge in [-0.15, -0.1) is 0 Å². The van der Waals surface area contributed by atoms with Crippen LogP contribution >= 0.6 is 11.6 Å². The number of hydrogen-bond donors (Lipinski definition) is 1. The summed E-state index contributed by atoms with van der Waals surface area (Å²) in [6, 6.07) is 11.8. The van der Waals surface area contributed by atoms with Gasteiger partial charge in [0.2, 0.25) is 0 Å². The molecule has 0 saturated carbocycles. The van der Waals surface area contributed by atoms with Crippen LogP contribution < -0.4 is 0 Å². The molecule has 2 aromatic heterocycles. The first kappa shape index (κ1) is 22.0. The number of ketones is 1. The molecule has 1 atom stereocenters. The van der Waals surface area contributed by atoms with Crippen LogP contribution in [-0.2, 0) is 9.59 Å². The van der Waals surface area contributed by atoms with Crippen molar-refractivity contribution in [3.8, 4) is 0 Å². The number of aliphatic hydroxyl groups excluding tert-OH is 1. The largest absolute Gasteiger partial charge is 0.505 e. The van der Waals surface area contributed by atoms with Crippen molar-refractivity contribution in [1.29, 1.82) is 0 Å². The third kappa shape index (κ3) is 3.89. The van der Waals surface area contributed by atoms with E-state index in [-0.39, 0.29) is 11.3 Å². The van der Waals surface area contributed by atoms with Crippen LogP contribution in [0.3, 0.4) is 0 Å². The smallest absolute Gasteiger partial charge is 0.295 e. The van der Waals surface area contributed by atoms with Crippen LogP contribution in [0, 0.1) is 6.92 Å². The fourth-order valence-electron chi connectivity index (χ4n) is 4.19. The van der Waals surface area contributed by atoms with Gasteiger partial charge in [-0.25, -0.2) is 4.98 Å². The van der Waals surface area contributed by atoms with Crippen LogP contribution in [-0.4, -0.2) is 63.2 Å². The summed E-state index contributed by atoms with van der Waals surface area (Å²) in [7, 11) is 3.91. The van der Waals surface area contributed by atoms with E-state index in [0.717, 1.165) is 6.54 Å². The first-order chi connectivity index (χ1) is 15.3. The molecule has 8 heteroatoms. The minimum atomic E-state index is -0.705. The van der Waals surface area contributed by atoms with Crippen LogP contribution in [0.2, 0.25) is 5.02 Å². The van der Waals surface area contributed by atoms with E-state index in [9.17, 15) is 14.7 Å². The van der Waals surface area contributed by atoms with Gasteiger partial charge in [-0.3, -0.25) is 14.0 Å². The molecule has 0 aliphatic carbocycles. The summed E-state index contributed by atoms with van der Waals surface area (Å²) >= 11 is 6.07. The van der Waals surface area contributed by atoms with Gasteiger partial charge in [0, 0.05) is 17.8 Å². The Bertz CT molecular complexity index is 1210. The van der Waals surface area contributed by atoms with Gasteiger partial charge in [0.15, 0.2) is 5.76 Å². The van der Waals surface area contributed by atoms with Crippen molar-refractivity contribution in [3.05, 3.63) is 76.2 Å². The van der Waals surface area contributed by atoms with Crippen molar-refractivity contribution in [2.45, 2.75) is 19.4 Å². The van der Waals surface area contributed by atoms with E-state index in [1.165, 1.54) is 0 Å². The number of fused-ring (bicyclic) bond motifs is 1. The number of aromatic nitrogens is 2. The Labute approximate surface area is 191 Å². The van der Waals surface area contributed by atoms with Gasteiger partial charge < -0.3 is 14.9 Å². The maximum atomic E-state index is 13.2. The zero-order valence-corrected chi connectivity index (χ0v) is 19.0. The van der Waals surface area contributed by atoms with Gasteiger partial charge >= 0.3 is 0 Å². The Morgan fingerprint density at radius 3 is 2.56 bits per heavy atom. The normalized spacial score (nSPS) is 18.3. The maximum Gasteiger partial charge on any atom is 0.295 e. The lowest BCUT2D eigenvalue weighted by atomic mass is 9.96. The molecule has 1 amide bonds. The number of likely N-dealkylation sites (tertiary alicyclic amines) is 1. The first-order valence-corrected chi connectivity index (χ1v) is 10.8. The number of amides is 1. The van der Waals surface area contributed by atoms with Crippen molar-refractivity contribution in [2.24, 2.45) is 0 Å². The second-order valence-electron chi connectivity index (χ2n) is 8.18. The average Bonchev–Trinajstić information content (AvgIpc) is 3.22. The Hall–Kier alpha value is -3.16. The molecule has 3 heterocycles. The topological polar surface area (TPSA) is 78.1 Å². The van der Waals surface area contributed by atoms with Gasteiger partial charge in [-0.1, -0.05) is 29.8 Å². The molecule has 7 nitrogen and oxygen atoms in total. The van der Waals surface area contributed by atoms with Crippen LogP contribution in [0.15, 0.2) is 54.2 Å². The number of aryl methyl sites for hydroxylation is 1. The van der Waals surface area contributed by atoms with Gasteiger partial charge in [-0.2, -0.15) is 0 Å². The molecule has 0 spiro atoms.